The zero-order valence-corrected chi connectivity index (χ0v) is 7.38. The largest absolute Gasteiger partial charge is 0.481 e. The van der Waals surface area contributed by atoms with Gasteiger partial charge in [0.1, 0.15) is 0 Å². The Hall–Kier alpha value is 0.200. The molecule has 0 saturated heterocycles. The maximum atomic E-state index is 10.5. The lowest BCUT2D eigenvalue weighted by molar-refractivity contribution is -0.143. The molecule has 1 atom stereocenters. The molecule has 1 saturated carbocycles. The Morgan fingerprint density at radius 1 is 1.78 bits per heavy atom. The van der Waals surface area contributed by atoms with E-state index in [0.717, 1.165) is 12.8 Å². The maximum Gasteiger partial charge on any atom is 0.310 e. The summed E-state index contributed by atoms with van der Waals surface area (Å²) in [5, 5.41) is 8.67. The van der Waals surface area contributed by atoms with Gasteiger partial charge in [-0.2, -0.15) is 0 Å². The summed E-state index contributed by atoms with van der Waals surface area (Å²) in [5.74, 6) is -0.621. The minimum Gasteiger partial charge on any atom is -0.481 e. The quantitative estimate of drug-likeness (QED) is 0.588. The molecule has 1 aliphatic carbocycles. The molecule has 0 aromatic heterocycles. The molecule has 9 heavy (non-hydrogen) atoms. The number of halogens is 1. The maximum absolute atomic E-state index is 10.5. The number of carboxylic acid groups (broad SMARTS) is 1. The third-order valence-electron chi connectivity index (χ3n) is 1.98. The highest BCUT2D eigenvalue weighted by Gasteiger charge is 2.53. The fourth-order valence-electron chi connectivity index (χ4n) is 0.916. The number of carbonyl (C=O) groups is 1. The van der Waals surface area contributed by atoms with E-state index < -0.39 is 5.97 Å². The van der Waals surface area contributed by atoms with Crippen LogP contribution in [-0.4, -0.2) is 15.0 Å². The van der Waals surface area contributed by atoms with Crippen molar-refractivity contribution >= 4 is 28.6 Å². The lowest BCUT2D eigenvalue weighted by Gasteiger charge is -2.10. The first-order valence-electron chi connectivity index (χ1n) is 2.97. The van der Waals surface area contributed by atoms with E-state index in [1.807, 2.05) is 6.92 Å². The standard InChI is InChI=1S/C6H9IO2/c1-4(7)6(2-3-6)5(8)9/h4H,2-3H2,1H3,(H,8,9). The van der Waals surface area contributed by atoms with Crippen LogP contribution in [0.1, 0.15) is 19.8 Å². The number of alkyl halides is 1. The Bertz CT molecular complexity index is 138. The second kappa shape index (κ2) is 2.11. The predicted octanol–water partition coefficient (Wildman–Crippen LogP) is 1.67. The average Bonchev–Trinajstić information content (AvgIpc) is 2.40. The van der Waals surface area contributed by atoms with Crippen LogP contribution in [0.5, 0.6) is 0 Å². The van der Waals surface area contributed by atoms with Gasteiger partial charge in [0.05, 0.1) is 5.41 Å². The summed E-state index contributed by atoms with van der Waals surface area (Å²) in [4.78, 5) is 10.5. The second-order valence-electron chi connectivity index (χ2n) is 2.58. The summed E-state index contributed by atoms with van der Waals surface area (Å²) < 4.78 is 0.271. The zero-order valence-electron chi connectivity index (χ0n) is 5.22. The monoisotopic (exact) mass is 240 g/mol. The fraction of sp³-hybridized carbons (Fsp3) is 0.833. The first-order valence-corrected chi connectivity index (χ1v) is 4.21. The second-order valence-corrected chi connectivity index (χ2v) is 4.45. The highest BCUT2D eigenvalue weighted by atomic mass is 127. The molecule has 0 aromatic carbocycles. The van der Waals surface area contributed by atoms with Crippen LogP contribution >= 0.6 is 22.6 Å². The normalized spacial score (nSPS) is 25.1. The topological polar surface area (TPSA) is 37.3 Å². The van der Waals surface area contributed by atoms with Crippen LogP contribution < -0.4 is 0 Å². The Labute approximate surface area is 67.8 Å². The first-order chi connectivity index (χ1) is 4.09. The molecule has 2 nitrogen and oxygen atoms in total. The molecule has 0 radical (unpaired) electrons. The van der Waals surface area contributed by atoms with Crippen LogP contribution in [0.2, 0.25) is 0 Å². The molecule has 0 amide bonds. The summed E-state index contributed by atoms with van der Waals surface area (Å²) in [7, 11) is 0. The molecule has 3 heteroatoms. The van der Waals surface area contributed by atoms with E-state index in [4.69, 9.17) is 5.11 Å². The summed E-state index contributed by atoms with van der Waals surface area (Å²) in [6.07, 6.45) is 1.74. The van der Waals surface area contributed by atoms with Crippen LogP contribution in [0.15, 0.2) is 0 Å². The third kappa shape index (κ3) is 1.07. The summed E-state index contributed by atoms with van der Waals surface area (Å²) in [6, 6.07) is 0. The molecule has 1 N–H and O–H groups in total. The van der Waals surface area contributed by atoms with E-state index in [2.05, 4.69) is 22.6 Å². The van der Waals surface area contributed by atoms with Gasteiger partial charge in [-0.25, -0.2) is 0 Å². The Morgan fingerprint density at radius 2 is 2.22 bits per heavy atom. The van der Waals surface area contributed by atoms with Crippen molar-refractivity contribution in [2.75, 3.05) is 0 Å². The first kappa shape index (κ1) is 7.31. The summed E-state index contributed by atoms with van der Waals surface area (Å²) in [6.45, 7) is 1.96. The minimum atomic E-state index is -0.621. The number of rotatable bonds is 2. The Kier molecular flexibility index (Phi) is 1.71. The zero-order chi connectivity index (χ0) is 7.07. The SMILES string of the molecule is CC(I)C1(C(=O)O)CC1. The average molecular weight is 240 g/mol. The van der Waals surface area contributed by atoms with Crippen molar-refractivity contribution in [1.29, 1.82) is 0 Å². The van der Waals surface area contributed by atoms with Gasteiger partial charge in [0.2, 0.25) is 0 Å². The fourth-order valence-corrected chi connectivity index (χ4v) is 1.81. The number of aliphatic carboxylic acids is 1. The van der Waals surface area contributed by atoms with Crippen molar-refractivity contribution in [2.24, 2.45) is 5.41 Å². The van der Waals surface area contributed by atoms with Gasteiger partial charge in [0.15, 0.2) is 0 Å². The molecule has 1 rings (SSSR count). The van der Waals surface area contributed by atoms with E-state index >= 15 is 0 Å². The van der Waals surface area contributed by atoms with Gasteiger partial charge in [-0.1, -0.05) is 29.5 Å². The lowest BCUT2D eigenvalue weighted by atomic mass is 10.1. The molecule has 1 fully saturated rings. The van der Waals surface area contributed by atoms with Crippen molar-refractivity contribution in [3.63, 3.8) is 0 Å². The highest BCUT2D eigenvalue weighted by Crippen LogP contribution is 2.51. The van der Waals surface area contributed by atoms with E-state index in [1.54, 1.807) is 0 Å². The molecular weight excluding hydrogens is 231 g/mol. The Morgan fingerprint density at radius 3 is 2.22 bits per heavy atom. The van der Waals surface area contributed by atoms with E-state index in [9.17, 15) is 4.79 Å². The van der Waals surface area contributed by atoms with Crippen molar-refractivity contribution in [3.05, 3.63) is 0 Å². The molecule has 0 bridgehead atoms. The van der Waals surface area contributed by atoms with E-state index in [0.29, 0.717) is 0 Å². The van der Waals surface area contributed by atoms with E-state index in [1.165, 1.54) is 0 Å². The highest BCUT2D eigenvalue weighted by molar-refractivity contribution is 14.1. The number of hydrogen-bond donors (Lipinski definition) is 1. The molecule has 0 heterocycles. The van der Waals surface area contributed by atoms with Gasteiger partial charge in [-0.05, 0) is 12.8 Å². The number of hydrogen-bond acceptors (Lipinski definition) is 1. The molecule has 1 aliphatic rings. The molecule has 0 spiro atoms. The van der Waals surface area contributed by atoms with Crippen LogP contribution in [0, 0.1) is 5.41 Å². The van der Waals surface area contributed by atoms with Gasteiger partial charge in [-0.15, -0.1) is 0 Å². The predicted molar refractivity (Wildman–Crippen MR) is 42.8 cm³/mol. The van der Waals surface area contributed by atoms with Crippen LogP contribution in [0.4, 0.5) is 0 Å². The van der Waals surface area contributed by atoms with Gasteiger partial charge in [-0.3, -0.25) is 4.79 Å². The van der Waals surface area contributed by atoms with Gasteiger partial charge < -0.3 is 5.11 Å². The van der Waals surface area contributed by atoms with Crippen molar-refractivity contribution in [3.8, 4) is 0 Å². The summed E-state index contributed by atoms with van der Waals surface area (Å²) >= 11 is 2.18. The van der Waals surface area contributed by atoms with Crippen molar-refractivity contribution in [2.45, 2.75) is 23.7 Å². The van der Waals surface area contributed by atoms with Gasteiger partial charge in [0, 0.05) is 3.92 Å². The molecule has 1 unspecified atom stereocenters. The van der Waals surface area contributed by atoms with Crippen LogP contribution in [0.25, 0.3) is 0 Å². The van der Waals surface area contributed by atoms with E-state index in [-0.39, 0.29) is 9.34 Å². The third-order valence-corrected chi connectivity index (χ3v) is 3.17. The van der Waals surface area contributed by atoms with Crippen LogP contribution in [0.3, 0.4) is 0 Å². The Balaban J connectivity index is 2.63. The molecule has 0 aliphatic heterocycles. The van der Waals surface area contributed by atoms with Crippen LogP contribution in [-0.2, 0) is 4.79 Å². The summed E-state index contributed by atoms with van der Waals surface area (Å²) in [5.41, 5.74) is -0.347. The molecule has 52 valence electrons. The minimum absolute atomic E-state index is 0.271. The van der Waals surface area contributed by atoms with Gasteiger partial charge in [0.25, 0.3) is 0 Å². The smallest absolute Gasteiger partial charge is 0.310 e. The van der Waals surface area contributed by atoms with Gasteiger partial charge >= 0.3 is 5.97 Å². The molecular formula is C6H9IO2. The van der Waals surface area contributed by atoms with Crippen molar-refractivity contribution in [1.82, 2.24) is 0 Å². The molecule has 0 aromatic rings. The lowest BCUT2D eigenvalue weighted by Crippen LogP contribution is -2.22. The van der Waals surface area contributed by atoms with Crippen molar-refractivity contribution < 1.29 is 9.90 Å². The number of carboxylic acids is 1.